The fourth-order valence-electron chi connectivity index (χ4n) is 1.82. The number of aromatic nitrogens is 2. The summed E-state index contributed by atoms with van der Waals surface area (Å²) in [5.41, 5.74) is 1.17. The molecule has 0 atom stereocenters. The minimum absolute atomic E-state index is 0.0817. The van der Waals surface area contributed by atoms with Gasteiger partial charge in [0, 0.05) is 12.7 Å². The SMILES string of the molecule is CCOC(=O)C(=O)/C=C(\[O-])c1cn(Cc2ccccc2)cn1. The molecule has 6 nitrogen and oxygen atoms in total. The Labute approximate surface area is 127 Å². The van der Waals surface area contributed by atoms with Crippen molar-refractivity contribution in [3.63, 3.8) is 0 Å². The van der Waals surface area contributed by atoms with Gasteiger partial charge in [-0.2, -0.15) is 0 Å². The summed E-state index contributed by atoms with van der Waals surface area (Å²) in [7, 11) is 0. The van der Waals surface area contributed by atoms with Gasteiger partial charge in [-0.15, -0.1) is 0 Å². The highest BCUT2D eigenvalue weighted by Crippen LogP contribution is 2.08. The van der Waals surface area contributed by atoms with Crippen molar-refractivity contribution in [2.24, 2.45) is 0 Å². The molecule has 0 aliphatic rings. The topological polar surface area (TPSA) is 84.3 Å². The first-order chi connectivity index (χ1) is 10.6. The standard InChI is InChI=1S/C16H16N2O4/c1-2-22-16(21)15(20)8-14(19)13-10-18(11-17-13)9-12-6-4-3-5-7-12/h3-8,10-11,19H,2,9H2,1H3/p-1/b14-8-. The number of imidazole rings is 1. The van der Waals surface area contributed by atoms with Crippen molar-refractivity contribution in [2.45, 2.75) is 13.5 Å². The molecule has 0 radical (unpaired) electrons. The van der Waals surface area contributed by atoms with Crippen LogP contribution in [0.2, 0.25) is 0 Å². The van der Waals surface area contributed by atoms with E-state index in [1.165, 1.54) is 12.5 Å². The maximum atomic E-state index is 11.9. The average molecular weight is 299 g/mol. The normalized spacial score (nSPS) is 11.2. The summed E-state index contributed by atoms with van der Waals surface area (Å²) in [6.45, 7) is 2.23. The van der Waals surface area contributed by atoms with Crippen LogP contribution in [0.4, 0.5) is 0 Å². The van der Waals surface area contributed by atoms with Gasteiger partial charge in [-0.05, 0) is 18.6 Å². The van der Waals surface area contributed by atoms with Crippen LogP contribution in [0.15, 0.2) is 48.9 Å². The van der Waals surface area contributed by atoms with E-state index in [1.54, 1.807) is 11.5 Å². The zero-order chi connectivity index (χ0) is 15.9. The molecule has 0 unspecified atom stereocenters. The number of hydrogen-bond acceptors (Lipinski definition) is 5. The van der Waals surface area contributed by atoms with E-state index in [2.05, 4.69) is 9.72 Å². The summed E-state index contributed by atoms with van der Waals surface area (Å²) in [5, 5.41) is 11.9. The lowest BCUT2D eigenvalue weighted by molar-refractivity contribution is -0.244. The molecule has 0 saturated carbocycles. The Morgan fingerprint density at radius 2 is 2.05 bits per heavy atom. The zero-order valence-corrected chi connectivity index (χ0v) is 12.1. The van der Waals surface area contributed by atoms with Gasteiger partial charge in [-0.1, -0.05) is 36.1 Å². The molecule has 0 saturated heterocycles. The van der Waals surface area contributed by atoms with E-state index < -0.39 is 17.5 Å². The lowest BCUT2D eigenvalue weighted by atomic mass is 10.2. The van der Waals surface area contributed by atoms with Gasteiger partial charge in [0.05, 0.1) is 18.6 Å². The van der Waals surface area contributed by atoms with Crippen LogP contribution in [0.25, 0.3) is 5.76 Å². The monoisotopic (exact) mass is 299 g/mol. The van der Waals surface area contributed by atoms with Crippen molar-refractivity contribution in [3.05, 3.63) is 60.2 Å². The number of hydrogen-bond donors (Lipinski definition) is 0. The van der Waals surface area contributed by atoms with Gasteiger partial charge < -0.3 is 14.4 Å². The highest BCUT2D eigenvalue weighted by atomic mass is 16.5. The molecule has 1 aromatic heterocycles. The first-order valence-corrected chi connectivity index (χ1v) is 6.76. The molecule has 114 valence electrons. The maximum absolute atomic E-state index is 11.9. The summed E-state index contributed by atoms with van der Waals surface area (Å²) >= 11 is 0. The largest absolute Gasteiger partial charge is 0.871 e. The number of ether oxygens (including phenoxy) is 1. The third-order valence-electron chi connectivity index (χ3n) is 2.83. The van der Waals surface area contributed by atoms with Crippen LogP contribution in [-0.2, 0) is 20.9 Å². The highest BCUT2D eigenvalue weighted by molar-refractivity contribution is 6.39. The number of rotatable bonds is 6. The minimum Gasteiger partial charge on any atom is -0.871 e. The second-order valence-corrected chi connectivity index (χ2v) is 4.51. The molecule has 22 heavy (non-hydrogen) atoms. The number of esters is 1. The van der Waals surface area contributed by atoms with Crippen molar-refractivity contribution in [3.8, 4) is 0 Å². The molecule has 0 N–H and O–H groups in total. The van der Waals surface area contributed by atoms with Gasteiger partial charge in [0.25, 0.3) is 5.78 Å². The van der Waals surface area contributed by atoms with Crippen LogP contribution in [-0.4, -0.2) is 27.9 Å². The lowest BCUT2D eigenvalue weighted by Gasteiger charge is -2.07. The average Bonchev–Trinajstić information content (AvgIpc) is 2.97. The fraction of sp³-hybridized carbons (Fsp3) is 0.188. The number of nitrogens with zero attached hydrogens (tertiary/aromatic N) is 2. The summed E-state index contributed by atoms with van der Waals surface area (Å²) < 4.78 is 6.25. The lowest BCUT2D eigenvalue weighted by Crippen LogP contribution is -2.17. The molecule has 0 aliphatic heterocycles. The molecule has 2 rings (SSSR count). The molecule has 0 amide bonds. The summed E-state index contributed by atoms with van der Waals surface area (Å²) in [6.07, 6.45) is 3.74. The summed E-state index contributed by atoms with van der Waals surface area (Å²) in [6, 6.07) is 9.67. The van der Waals surface area contributed by atoms with Crippen LogP contribution in [0.5, 0.6) is 0 Å². The third kappa shape index (κ3) is 4.05. The first-order valence-electron chi connectivity index (χ1n) is 6.76. The summed E-state index contributed by atoms with van der Waals surface area (Å²) in [4.78, 5) is 26.6. The Kier molecular flexibility index (Phi) is 5.08. The Morgan fingerprint density at radius 3 is 2.73 bits per heavy atom. The Bertz CT molecular complexity index is 689. The van der Waals surface area contributed by atoms with Gasteiger partial charge in [0.15, 0.2) is 0 Å². The van der Waals surface area contributed by atoms with E-state index in [-0.39, 0.29) is 12.3 Å². The van der Waals surface area contributed by atoms with E-state index in [4.69, 9.17) is 0 Å². The van der Waals surface area contributed by atoms with E-state index in [0.29, 0.717) is 12.6 Å². The van der Waals surface area contributed by atoms with Crippen molar-refractivity contribution in [1.29, 1.82) is 0 Å². The molecular formula is C16H15N2O4-. The second kappa shape index (κ2) is 7.21. The fourth-order valence-corrected chi connectivity index (χ4v) is 1.82. The minimum atomic E-state index is -1.04. The third-order valence-corrected chi connectivity index (χ3v) is 2.83. The van der Waals surface area contributed by atoms with Crippen molar-refractivity contribution < 1.29 is 19.4 Å². The molecule has 2 aromatic rings. The Morgan fingerprint density at radius 1 is 1.32 bits per heavy atom. The molecule has 6 heteroatoms. The van der Waals surface area contributed by atoms with Crippen LogP contribution < -0.4 is 5.11 Å². The van der Waals surface area contributed by atoms with E-state index in [1.807, 2.05) is 30.3 Å². The molecule has 0 bridgehead atoms. The van der Waals surface area contributed by atoms with E-state index >= 15 is 0 Å². The summed E-state index contributed by atoms with van der Waals surface area (Å²) in [5.74, 6) is -2.64. The highest BCUT2D eigenvalue weighted by Gasteiger charge is 2.11. The van der Waals surface area contributed by atoms with Gasteiger partial charge >= 0.3 is 5.97 Å². The smallest absolute Gasteiger partial charge is 0.378 e. The zero-order valence-electron chi connectivity index (χ0n) is 12.1. The van der Waals surface area contributed by atoms with Crippen molar-refractivity contribution >= 4 is 17.5 Å². The van der Waals surface area contributed by atoms with Crippen LogP contribution >= 0.6 is 0 Å². The molecule has 1 aromatic carbocycles. The quantitative estimate of drug-likeness (QED) is 0.340. The predicted octanol–water partition coefficient (Wildman–Crippen LogP) is 0.765. The molecule has 0 spiro atoms. The molecular weight excluding hydrogens is 284 g/mol. The van der Waals surface area contributed by atoms with Crippen molar-refractivity contribution in [2.75, 3.05) is 6.61 Å². The van der Waals surface area contributed by atoms with Gasteiger partial charge in [0.1, 0.15) is 0 Å². The second-order valence-electron chi connectivity index (χ2n) is 4.51. The molecule has 1 heterocycles. The Hall–Kier alpha value is -2.89. The molecule has 0 fully saturated rings. The Balaban J connectivity index is 2.07. The number of carbonyl (C=O) groups excluding carboxylic acids is 2. The number of benzene rings is 1. The first kappa shape index (κ1) is 15.5. The van der Waals surface area contributed by atoms with Gasteiger partial charge in [-0.3, -0.25) is 4.79 Å². The molecule has 0 aliphatic carbocycles. The van der Waals surface area contributed by atoms with E-state index in [9.17, 15) is 14.7 Å². The number of ketones is 1. The van der Waals surface area contributed by atoms with Gasteiger partial charge in [-0.25, -0.2) is 9.78 Å². The van der Waals surface area contributed by atoms with Crippen molar-refractivity contribution in [1.82, 2.24) is 9.55 Å². The maximum Gasteiger partial charge on any atom is 0.378 e. The van der Waals surface area contributed by atoms with Gasteiger partial charge in [0.2, 0.25) is 0 Å². The van der Waals surface area contributed by atoms with Crippen LogP contribution in [0.1, 0.15) is 18.2 Å². The van der Waals surface area contributed by atoms with Crippen LogP contribution in [0, 0.1) is 0 Å². The predicted molar refractivity (Wildman–Crippen MR) is 77.4 cm³/mol. The van der Waals surface area contributed by atoms with E-state index in [0.717, 1.165) is 5.56 Å². The number of carbonyl (C=O) groups is 2. The van der Waals surface area contributed by atoms with Crippen LogP contribution in [0.3, 0.4) is 0 Å².